The van der Waals surface area contributed by atoms with Gasteiger partial charge >= 0.3 is 0 Å². The summed E-state index contributed by atoms with van der Waals surface area (Å²) in [7, 11) is 0. The van der Waals surface area contributed by atoms with E-state index in [1.807, 2.05) is 54.6 Å². The Kier molecular flexibility index (Phi) is 4.58. The van der Waals surface area contributed by atoms with Crippen LogP contribution in [0.5, 0.6) is 0 Å². The highest BCUT2D eigenvalue weighted by Gasteiger charge is 2.34. The topological polar surface area (TPSA) is 32.3 Å². The van der Waals surface area contributed by atoms with Crippen molar-refractivity contribution in [1.29, 1.82) is 0 Å². The smallest absolute Gasteiger partial charge is 0.258 e. The molecule has 0 radical (unpaired) electrons. The molecule has 3 aromatic carbocycles. The lowest BCUT2D eigenvalue weighted by Gasteiger charge is -2.39. The Labute approximate surface area is 162 Å². The first kappa shape index (κ1) is 17.0. The van der Waals surface area contributed by atoms with Gasteiger partial charge in [-0.15, -0.1) is 0 Å². The molecule has 1 atom stereocenters. The van der Waals surface area contributed by atoms with Crippen molar-refractivity contribution in [3.05, 3.63) is 99.5 Å². The minimum atomic E-state index is -0.446. The summed E-state index contributed by atoms with van der Waals surface area (Å²) in [6.07, 6.45) is -0.446. The van der Waals surface area contributed by atoms with Crippen molar-refractivity contribution in [1.82, 2.24) is 4.90 Å². The summed E-state index contributed by atoms with van der Waals surface area (Å²) in [6, 6.07) is 22.7. The second kappa shape index (κ2) is 7.02. The number of nitrogens with zero attached hydrogens (tertiary/aromatic N) is 1. The van der Waals surface area contributed by atoms with Crippen LogP contribution >= 0.6 is 23.2 Å². The zero-order valence-corrected chi connectivity index (χ0v) is 15.3. The van der Waals surface area contributed by atoms with Crippen LogP contribution in [0.3, 0.4) is 0 Å². The lowest BCUT2D eigenvalue weighted by atomic mass is 10.0. The summed E-state index contributed by atoms with van der Waals surface area (Å²) in [5.74, 6) is -0.0517. The third-order valence-electron chi connectivity index (χ3n) is 4.49. The van der Waals surface area contributed by atoms with Crippen LogP contribution in [0.2, 0.25) is 10.0 Å². The highest BCUT2D eigenvalue weighted by Crippen LogP contribution is 2.39. The molecule has 3 aromatic rings. The molecule has 1 heterocycles. The SMILES string of the molecule is O=C1c2ccccc2N[C@H](c2c(Cl)cccc2Cl)N1Cc1ccccc1. The van der Waals surface area contributed by atoms with Gasteiger partial charge in [-0.2, -0.15) is 0 Å². The van der Waals surface area contributed by atoms with Crippen LogP contribution in [-0.4, -0.2) is 10.8 Å². The van der Waals surface area contributed by atoms with Gasteiger partial charge in [0.05, 0.1) is 5.56 Å². The van der Waals surface area contributed by atoms with Gasteiger partial charge in [0.25, 0.3) is 5.91 Å². The van der Waals surface area contributed by atoms with Crippen LogP contribution in [-0.2, 0) is 6.54 Å². The molecule has 130 valence electrons. The van der Waals surface area contributed by atoms with Crippen molar-refractivity contribution in [3.63, 3.8) is 0 Å². The first-order valence-corrected chi connectivity index (χ1v) is 9.05. The number of benzene rings is 3. The van der Waals surface area contributed by atoms with Crippen LogP contribution in [0.25, 0.3) is 0 Å². The molecule has 0 bridgehead atoms. The number of fused-ring (bicyclic) bond motifs is 1. The van der Waals surface area contributed by atoms with Gasteiger partial charge in [0.1, 0.15) is 6.17 Å². The van der Waals surface area contributed by atoms with Crippen molar-refractivity contribution >= 4 is 34.8 Å². The quantitative estimate of drug-likeness (QED) is 0.624. The van der Waals surface area contributed by atoms with Gasteiger partial charge in [-0.05, 0) is 29.8 Å². The predicted octanol–water partition coefficient (Wildman–Crippen LogP) is 5.76. The highest BCUT2D eigenvalue weighted by atomic mass is 35.5. The van der Waals surface area contributed by atoms with Crippen molar-refractivity contribution in [3.8, 4) is 0 Å². The third kappa shape index (κ3) is 3.05. The van der Waals surface area contributed by atoms with E-state index in [1.165, 1.54) is 0 Å². The number of hydrogen-bond acceptors (Lipinski definition) is 2. The Bertz CT molecular complexity index is 939. The summed E-state index contributed by atoms with van der Waals surface area (Å²) in [5, 5.41) is 4.49. The molecule has 4 rings (SSSR count). The lowest BCUT2D eigenvalue weighted by Crippen LogP contribution is -2.42. The Morgan fingerprint density at radius 3 is 2.23 bits per heavy atom. The molecular weight excluding hydrogens is 367 g/mol. The Morgan fingerprint density at radius 1 is 0.846 bits per heavy atom. The first-order chi connectivity index (χ1) is 12.6. The van der Waals surface area contributed by atoms with Crippen LogP contribution in [0.1, 0.15) is 27.7 Å². The van der Waals surface area contributed by atoms with Crippen LogP contribution < -0.4 is 5.32 Å². The number of amides is 1. The minimum Gasteiger partial charge on any atom is -0.361 e. The molecule has 3 nitrogen and oxygen atoms in total. The molecule has 26 heavy (non-hydrogen) atoms. The zero-order valence-electron chi connectivity index (χ0n) is 13.8. The zero-order chi connectivity index (χ0) is 18.1. The normalized spacial score (nSPS) is 16.2. The van der Waals surface area contributed by atoms with E-state index in [4.69, 9.17) is 23.2 Å². The van der Waals surface area contributed by atoms with Crippen molar-refractivity contribution < 1.29 is 4.79 Å². The number of carbonyl (C=O) groups excluding carboxylic acids is 1. The molecule has 0 saturated heterocycles. The van der Waals surface area contributed by atoms with Gasteiger partial charge in [-0.25, -0.2) is 0 Å². The molecule has 0 fully saturated rings. The molecule has 1 aliphatic rings. The fourth-order valence-corrected chi connectivity index (χ4v) is 3.84. The van der Waals surface area contributed by atoms with E-state index in [2.05, 4.69) is 5.32 Å². The fraction of sp³-hybridized carbons (Fsp3) is 0.0952. The number of para-hydroxylation sites is 1. The molecule has 0 aliphatic carbocycles. The van der Waals surface area contributed by atoms with E-state index in [-0.39, 0.29) is 5.91 Å². The van der Waals surface area contributed by atoms with Gasteiger partial charge in [0.15, 0.2) is 0 Å². The van der Waals surface area contributed by atoms with Gasteiger partial charge in [0.2, 0.25) is 0 Å². The molecular formula is C21H16Cl2N2O. The average molecular weight is 383 g/mol. The number of anilines is 1. The van der Waals surface area contributed by atoms with Crippen molar-refractivity contribution in [2.24, 2.45) is 0 Å². The third-order valence-corrected chi connectivity index (χ3v) is 5.15. The van der Waals surface area contributed by atoms with Gasteiger partial charge in [0, 0.05) is 27.8 Å². The summed E-state index contributed by atoms with van der Waals surface area (Å²) >= 11 is 12.9. The molecule has 0 aromatic heterocycles. The van der Waals surface area contributed by atoms with E-state index < -0.39 is 6.17 Å². The highest BCUT2D eigenvalue weighted by molar-refractivity contribution is 6.36. The first-order valence-electron chi connectivity index (χ1n) is 8.29. The van der Waals surface area contributed by atoms with Crippen molar-refractivity contribution in [2.75, 3.05) is 5.32 Å². The Balaban J connectivity index is 1.82. The summed E-state index contributed by atoms with van der Waals surface area (Å²) in [4.78, 5) is 15.0. The average Bonchev–Trinajstić information content (AvgIpc) is 2.65. The summed E-state index contributed by atoms with van der Waals surface area (Å²) in [5.41, 5.74) is 3.16. The molecule has 1 amide bonds. The van der Waals surface area contributed by atoms with Crippen LogP contribution in [0.4, 0.5) is 5.69 Å². The van der Waals surface area contributed by atoms with Gasteiger partial charge in [-0.3, -0.25) is 4.79 Å². The van der Waals surface area contributed by atoms with Crippen molar-refractivity contribution in [2.45, 2.75) is 12.7 Å². The number of nitrogens with one attached hydrogen (secondary N) is 1. The van der Waals surface area contributed by atoms with Gasteiger partial charge in [-0.1, -0.05) is 71.7 Å². The number of hydrogen-bond donors (Lipinski definition) is 1. The van der Waals surface area contributed by atoms with Crippen LogP contribution in [0, 0.1) is 0 Å². The van der Waals surface area contributed by atoms with E-state index in [1.54, 1.807) is 23.1 Å². The largest absolute Gasteiger partial charge is 0.361 e. The molecule has 0 saturated carbocycles. The maximum atomic E-state index is 13.2. The second-order valence-corrected chi connectivity index (χ2v) is 6.96. The Morgan fingerprint density at radius 2 is 1.50 bits per heavy atom. The lowest BCUT2D eigenvalue weighted by molar-refractivity contribution is 0.0667. The Hall–Kier alpha value is -2.49. The summed E-state index contributed by atoms with van der Waals surface area (Å²) < 4.78 is 0. The maximum Gasteiger partial charge on any atom is 0.258 e. The van der Waals surface area contributed by atoms with E-state index >= 15 is 0 Å². The molecule has 1 N–H and O–H groups in total. The standard InChI is InChI=1S/C21H16Cl2N2O/c22-16-10-6-11-17(23)19(16)20-24-18-12-5-4-9-15(18)21(26)25(20)13-14-7-2-1-3-8-14/h1-12,20,24H,13H2/t20-/m0/s1. The second-order valence-electron chi connectivity index (χ2n) is 6.15. The number of halogens is 2. The number of carbonyl (C=O) groups is 1. The molecule has 5 heteroatoms. The molecule has 0 spiro atoms. The van der Waals surface area contributed by atoms with Crippen LogP contribution in [0.15, 0.2) is 72.8 Å². The van der Waals surface area contributed by atoms with E-state index in [0.29, 0.717) is 27.7 Å². The fourth-order valence-electron chi connectivity index (χ4n) is 3.24. The maximum absolute atomic E-state index is 13.2. The molecule has 1 aliphatic heterocycles. The predicted molar refractivity (Wildman–Crippen MR) is 106 cm³/mol. The van der Waals surface area contributed by atoms with E-state index in [0.717, 1.165) is 11.3 Å². The van der Waals surface area contributed by atoms with Gasteiger partial charge < -0.3 is 10.2 Å². The number of rotatable bonds is 3. The van der Waals surface area contributed by atoms with E-state index in [9.17, 15) is 4.79 Å². The monoisotopic (exact) mass is 382 g/mol. The minimum absolute atomic E-state index is 0.0517. The molecule has 0 unspecified atom stereocenters. The summed E-state index contributed by atoms with van der Waals surface area (Å²) in [6.45, 7) is 0.452.